The summed E-state index contributed by atoms with van der Waals surface area (Å²) in [6.07, 6.45) is 7.44. The maximum atomic E-state index is 12.6. The van der Waals surface area contributed by atoms with Gasteiger partial charge in [0.25, 0.3) is 5.91 Å². The number of hydrogen-bond acceptors (Lipinski definition) is 5. The van der Waals surface area contributed by atoms with Crippen LogP contribution >= 0.6 is 0 Å². The third-order valence-corrected chi connectivity index (χ3v) is 6.12. The van der Waals surface area contributed by atoms with Crippen molar-refractivity contribution in [1.29, 1.82) is 0 Å². The molecule has 2 aromatic rings. The van der Waals surface area contributed by atoms with E-state index in [9.17, 15) is 4.79 Å². The number of aromatic nitrogens is 3. The molecule has 27 heavy (non-hydrogen) atoms. The molecule has 0 aromatic carbocycles. The topological polar surface area (TPSA) is 67.4 Å². The summed E-state index contributed by atoms with van der Waals surface area (Å²) in [4.78, 5) is 16.9. The summed E-state index contributed by atoms with van der Waals surface area (Å²) in [5.41, 5.74) is 3.47. The van der Waals surface area contributed by atoms with Crippen LogP contribution in [0.5, 0.6) is 0 Å². The van der Waals surface area contributed by atoms with Crippen LogP contribution in [-0.2, 0) is 13.6 Å². The summed E-state index contributed by atoms with van der Waals surface area (Å²) in [5.74, 6) is 0.779. The van der Waals surface area contributed by atoms with Gasteiger partial charge in [-0.05, 0) is 52.1 Å². The van der Waals surface area contributed by atoms with Crippen molar-refractivity contribution in [2.45, 2.75) is 51.5 Å². The van der Waals surface area contributed by atoms with E-state index in [1.54, 1.807) is 0 Å². The molecule has 2 saturated heterocycles. The highest BCUT2D eigenvalue weighted by molar-refractivity contribution is 5.91. The Hall–Kier alpha value is -2.15. The minimum Gasteiger partial charge on any atom is -0.351 e. The predicted octanol–water partition coefficient (Wildman–Crippen LogP) is 2.72. The Morgan fingerprint density at radius 3 is 2.59 bits per heavy atom. The van der Waals surface area contributed by atoms with Crippen LogP contribution in [0.1, 0.15) is 65.5 Å². The molecular formula is C20H29N5O2. The van der Waals surface area contributed by atoms with E-state index >= 15 is 0 Å². The summed E-state index contributed by atoms with van der Waals surface area (Å²) in [6, 6.07) is 1.88. The molecule has 0 aliphatic carbocycles. The fraction of sp³-hybridized carbons (Fsp3) is 0.650. The average molecular weight is 371 g/mol. The second-order valence-corrected chi connectivity index (χ2v) is 7.90. The number of amides is 1. The zero-order valence-electron chi connectivity index (χ0n) is 16.4. The Morgan fingerprint density at radius 2 is 1.93 bits per heavy atom. The molecule has 0 atom stereocenters. The van der Waals surface area contributed by atoms with Crippen molar-refractivity contribution in [2.75, 3.05) is 26.2 Å². The lowest BCUT2D eigenvalue weighted by molar-refractivity contribution is 0.0682. The molecule has 2 aliphatic heterocycles. The van der Waals surface area contributed by atoms with Crippen LogP contribution in [0.15, 0.2) is 16.8 Å². The second-order valence-electron chi connectivity index (χ2n) is 7.90. The van der Waals surface area contributed by atoms with Crippen molar-refractivity contribution >= 4 is 5.91 Å². The largest absolute Gasteiger partial charge is 0.351 e. The van der Waals surface area contributed by atoms with E-state index in [2.05, 4.69) is 22.1 Å². The highest BCUT2D eigenvalue weighted by Gasteiger charge is 2.27. The molecule has 4 heterocycles. The zero-order chi connectivity index (χ0) is 18.8. The fourth-order valence-electron chi connectivity index (χ4n) is 4.16. The van der Waals surface area contributed by atoms with Gasteiger partial charge in [0.05, 0.1) is 11.9 Å². The lowest BCUT2D eigenvalue weighted by Gasteiger charge is -2.30. The van der Waals surface area contributed by atoms with Gasteiger partial charge in [-0.2, -0.15) is 5.10 Å². The highest BCUT2D eigenvalue weighted by atomic mass is 16.5. The third kappa shape index (κ3) is 3.93. The number of likely N-dealkylation sites (tertiary alicyclic amines) is 2. The molecule has 7 nitrogen and oxygen atoms in total. The Morgan fingerprint density at radius 1 is 1.19 bits per heavy atom. The molecule has 146 valence electrons. The van der Waals surface area contributed by atoms with Gasteiger partial charge in [-0.15, -0.1) is 0 Å². The summed E-state index contributed by atoms with van der Waals surface area (Å²) in [5, 5.41) is 8.56. The van der Waals surface area contributed by atoms with Crippen LogP contribution in [0.4, 0.5) is 0 Å². The highest BCUT2D eigenvalue weighted by Crippen LogP contribution is 2.29. The van der Waals surface area contributed by atoms with E-state index in [0.29, 0.717) is 11.7 Å². The Labute approximate surface area is 160 Å². The number of carbonyl (C=O) groups is 1. The third-order valence-electron chi connectivity index (χ3n) is 6.12. The minimum absolute atomic E-state index is 0.00191. The number of aryl methyl sites for hydroxylation is 1. The SMILES string of the molecule is Cc1c(CN2CCC(c3cc(C(=O)N4CCCCC4)on3)CC2)cnn1C. The molecule has 0 unspecified atom stereocenters. The Kier molecular flexibility index (Phi) is 5.29. The normalized spacial score (nSPS) is 19.6. The summed E-state index contributed by atoms with van der Waals surface area (Å²) < 4.78 is 7.34. The summed E-state index contributed by atoms with van der Waals surface area (Å²) in [6.45, 7) is 6.79. The molecule has 2 aromatic heterocycles. The standard InChI is InChI=1S/C20H29N5O2/c1-15-17(13-21-23(15)2)14-24-10-6-16(7-11-24)18-12-19(27-22-18)20(26)25-8-4-3-5-9-25/h12-13,16H,3-11,14H2,1-2H3. The Bertz CT molecular complexity index is 782. The predicted molar refractivity (Wildman–Crippen MR) is 101 cm³/mol. The van der Waals surface area contributed by atoms with Gasteiger partial charge in [0.1, 0.15) is 0 Å². The first-order valence-electron chi connectivity index (χ1n) is 10.1. The van der Waals surface area contributed by atoms with E-state index in [-0.39, 0.29) is 5.91 Å². The molecule has 0 N–H and O–H groups in total. The number of hydrogen-bond donors (Lipinski definition) is 0. The van der Waals surface area contributed by atoms with Gasteiger partial charge in [0, 0.05) is 49.9 Å². The van der Waals surface area contributed by atoms with Crippen LogP contribution in [0, 0.1) is 6.92 Å². The molecular weight excluding hydrogens is 342 g/mol. The van der Waals surface area contributed by atoms with Crippen LogP contribution < -0.4 is 0 Å². The van der Waals surface area contributed by atoms with Crippen LogP contribution in [0.25, 0.3) is 0 Å². The van der Waals surface area contributed by atoms with Gasteiger partial charge < -0.3 is 9.42 Å². The zero-order valence-corrected chi connectivity index (χ0v) is 16.4. The molecule has 4 rings (SSSR count). The maximum absolute atomic E-state index is 12.6. The van der Waals surface area contributed by atoms with Crippen LogP contribution in [0.2, 0.25) is 0 Å². The number of carbonyl (C=O) groups excluding carboxylic acids is 1. The first-order chi connectivity index (χ1) is 13.1. The van der Waals surface area contributed by atoms with E-state index in [1.165, 1.54) is 17.7 Å². The first-order valence-corrected chi connectivity index (χ1v) is 10.1. The number of piperidine rings is 2. The smallest absolute Gasteiger partial charge is 0.292 e. The van der Waals surface area contributed by atoms with Crippen molar-refractivity contribution in [3.63, 3.8) is 0 Å². The monoisotopic (exact) mass is 371 g/mol. The molecule has 0 spiro atoms. The van der Waals surface area contributed by atoms with Gasteiger partial charge >= 0.3 is 0 Å². The number of rotatable bonds is 4. The molecule has 7 heteroatoms. The van der Waals surface area contributed by atoms with Crippen LogP contribution in [-0.4, -0.2) is 56.8 Å². The summed E-state index contributed by atoms with van der Waals surface area (Å²) in [7, 11) is 1.98. The van der Waals surface area contributed by atoms with Gasteiger partial charge in [-0.25, -0.2) is 0 Å². The number of nitrogens with zero attached hydrogens (tertiary/aromatic N) is 5. The van der Waals surface area contributed by atoms with Crippen molar-refractivity contribution in [3.8, 4) is 0 Å². The molecule has 0 bridgehead atoms. The summed E-state index contributed by atoms with van der Waals surface area (Å²) >= 11 is 0. The van der Waals surface area contributed by atoms with E-state index in [1.807, 2.05) is 28.9 Å². The van der Waals surface area contributed by atoms with E-state index in [0.717, 1.165) is 64.1 Å². The van der Waals surface area contributed by atoms with Crippen molar-refractivity contribution < 1.29 is 9.32 Å². The van der Waals surface area contributed by atoms with Gasteiger partial charge in [-0.3, -0.25) is 14.4 Å². The first kappa shape index (κ1) is 18.2. The maximum Gasteiger partial charge on any atom is 0.292 e. The van der Waals surface area contributed by atoms with Crippen molar-refractivity contribution in [3.05, 3.63) is 35.0 Å². The fourth-order valence-corrected chi connectivity index (χ4v) is 4.16. The van der Waals surface area contributed by atoms with E-state index in [4.69, 9.17) is 4.52 Å². The van der Waals surface area contributed by atoms with Crippen molar-refractivity contribution in [2.24, 2.45) is 7.05 Å². The minimum atomic E-state index is -0.00191. The molecule has 0 saturated carbocycles. The van der Waals surface area contributed by atoms with E-state index < -0.39 is 0 Å². The quantitative estimate of drug-likeness (QED) is 0.827. The van der Waals surface area contributed by atoms with Gasteiger partial charge in [0.15, 0.2) is 0 Å². The second kappa shape index (κ2) is 7.84. The average Bonchev–Trinajstić information content (AvgIpc) is 3.32. The Balaban J connectivity index is 1.32. The lowest BCUT2D eigenvalue weighted by atomic mass is 9.93. The molecule has 0 radical (unpaired) electrons. The molecule has 2 aliphatic rings. The van der Waals surface area contributed by atoms with Gasteiger partial charge in [-0.1, -0.05) is 5.16 Å². The van der Waals surface area contributed by atoms with Crippen molar-refractivity contribution in [1.82, 2.24) is 24.7 Å². The lowest BCUT2D eigenvalue weighted by Crippen LogP contribution is -2.35. The van der Waals surface area contributed by atoms with Gasteiger partial charge in [0.2, 0.25) is 5.76 Å². The molecule has 1 amide bonds. The molecule has 2 fully saturated rings. The van der Waals surface area contributed by atoms with Crippen LogP contribution in [0.3, 0.4) is 0 Å².